The Labute approximate surface area is 120 Å². The van der Waals surface area contributed by atoms with Gasteiger partial charge in [0, 0.05) is 13.1 Å². The summed E-state index contributed by atoms with van der Waals surface area (Å²) in [6.07, 6.45) is -0.429. The van der Waals surface area contributed by atoms with Crippen LogP contribution in [0.4, 0.5) is 0 Å². The number of rotatable bonds is 3. The van der Waals surface area contributed by atoms with E-state index in [0.717, 1.165) is 0 Å². The number of nitrogens with zero attached hydrogens (tertiary/aromatic N) is 1. The number of amides is 2. The summed E-state index contributed by atoms with van der Waals surface area (Å²) in [7, 11) is 0. The van der Waals surface area contributed by atoms with Gasteiger partial charge in [-0.2, -0.15) is 0 Å². The number of nitrogens with one attached hydrogen (secondary N) is 1. The lowest BCUT2D eigenvalue weighted by atomic mass is 10.1. The molecule has 0 bridgehead atoms. The average Bonchev–Trinajstić information content (AvgIpc) is 2.40. The molecule has 7 heteroatoms. The zero-order valence-electron chi connectivity index (χ0n) is 10.5. The van der Waals surface area contributed by atoms with E-state index in [1.807, 2.05) is 0 Å². The highest BCUT2D eigenvalue weighted by Gasteiger charge is 2.35. The van der Waals surface area contributed by atoms with Crippen LogP contribution in [0.2, 0.25) is 5.02 Å². The molecular formula is C13H13ClN2O4. The molecule has 0 spiro atoms. The first-order chi connectivity index (χ1) is 9.50. The molecule has 1 aromatic rings. The number of piperazine rings is 1. The van der Waals surface area contributed by atoms with Gasteiger partial charge in [0.05, 0.1) is 17.0 Å². The number of benzene rings is 1. The summed E-state index contributed by atoms with van der Waals surface area (Å²) in [6.45, 7) is 0.554. The van der Waals surface area contributed by atoms with Crippen LogP contribution in [0.3, 0.4) is 0 Å². The minimum atomic E-state index is -1.14. The third-order valence-electron chi connectivity index (χ3n) is 3.06. The Kier molecular flexibility index (Phi) is 4.24. The van der Waals surface area contributed by atoms with E-state index in [0.29, 0.717) is 6.54 Å². The van der Waals surface area contributed by atoms with E-state index in [1.165, 1.54) is 4.90 Å². The summed E-state index contributed by atoms with van der Waals surface area (Å²) in [4.78, 5) is 36.3. The van der Waals surface area contributed by atoms with E-state index in [2.05, 4.69) is 5.32 Å². The average molecular weight is 297 g/mol. The van der Waals surface area contributed by atoms with Gasteiger partial charge in [0.2, 0.25) is 5.91 Å². The Balaban J connectivity index is 2.28. The van der Waals surface area contributed by atoms with Crippen molar-refractivity contribution in [3.63, 3.8) is 0 Å². The Morgan fingerprint density at radius 1 is 1.40 bits per heavy atom. The van der Waals surface area contributed by atoms with Crippen LogP contribution in [-0.2, 0) is 9.59 Å². The van der Waals surface area contributed by atoms with E-state index in [4.69, 9.17) is 16.7 Å². The lowest BCUT2D eigenvalue weighted by molar-refractivity contribution is -0.142. The highest BCUT2D eigenvalue weighted by molar-refractivity contribution is 6.33. The molecule has 1 atom stereocenters. The number of hydrogen-bond acceptors (Lipinski definition) is 3. The fraction of sp³-hybridized carbons (Fsp3) is 0.308. The van der Waals surface area contributed by atoms with Crippen LogP contribution in [-0.4, -0.2) is 46.9 Å². The summed E-state index contributed by atoms with van der Waals surface area (Å²) in [5.41, 5.74) is 0.263. The fourth-order valence-corrected chi connectivity index (χ4v) is 2.33. The molecule has 20 heavy (non-hydrogen) atoms. The van der Waals surface area contributed by atoms with Gasteiger partial charge in [-0.15, -0.1) is 0 Å². The second kappa shape index (κ2) is 5.92. The highest BCUT2D eigenvalue weighted by Crippen LogP contribution is 2.20. The zero-order chi connectivity index (χ0) is 14.7. The smallest absolute Gasteiger partial charge is 0.305 e. The molecule has 2 N–H and O–H groups in total. The number of aliphatic carboxylic acids is 1. The molecule has 1 unspecified atom stereocenters. The number of carbonyl (C=O) groups excluding carboxylic acids is 2. The molecule has 2 amide bonds. The molecule has 6 nitrogen and oxygen atoms in total. The Morgan fingerprint density at radius 3 is 2.75 bits per heavy atom. The van der Waals surface area contributed by atoms with E-state index in [-0.39, 0.29) is 17.1 Å². The number of carbonyl (C=O) groups is 3. The molecule has 1 saturated heterocycles. The maximum absolute atomic E-state index is 12.4. The molecule has 1 heterocycles. The van der Waals surface area contributed by atoms with Crippen molar-refractivity contribution < 1.29 is 19.5 Å². The van der Waals surface area contributed by atoms with Gasteiger partial charge in [0.15, 0.2) is 0 Å². The topological polar surface area (TPSA) is 86.7 Å². The largest absolute Gasteiger partial charge is 0.481 e. The molecule has 1 aliphatic heterocycles. The van der Waals surface area contributed by atoms with Gasteiger partial charge >= 0.3 is 5.97 Å². The lowest BCUT2D eigenvalue weighted by Gasteiger charge is -2.34. The van der Waals surface area contributed by atoms with Crippen molar-refractivity contribution in [1.82, 2.24) is 10.2 Å². The number of hydrogen-bond donors (Lipinski definition) is 2. The molecule has 1 aliphatic rings. The van der Waals surface area contributed by atoms with Crippen LogP contribution >= 0.6 is 11.6 Å². The van der Waals surface area contributed by atoms with Gasteiger partial charge in [0.1, 0.15) is 6.04 Å². The molecular weight excluding hydrogens is 284 g/mol. The van der Waals surface area contributed by atoms with E-state index >= 15 is 0 Å². The van der Waals surface area contributed by atoms with Gasteiger partial charge in [-0.1, -0.05) is 23.7 Å². The maximum atomic E-state index is 12.4. The van der Waals surface area contributed by atoms with Crippen molar-refractivity contribution in [3.05, 3.63) is 34.9 Å². The molecule has 106 valence electrons. The predicted molar refractivity (Wildman–Crippen MR) is 71.5 cm³/mol. The Bertz CT molecular complexity index is 561. The predicted octanol–water partition coefficient (Wildman–Crippen LogP) is 0.755. The molecule has 1 aromatic carbocycles. The summed E-state index contributed by atoms with van der Waals surface area (Å²) in [5, 5.41) is 11.7. The first-order valence-corrected chi connectivity index (χ1v) is 6.43. The van der Waals surface area contributed by atoms with Crippen LogP contribution in [0.5, 0.6) is 0 Å². The fourth-order valence-electron chi connectivity index (χ4n) is 2.12. The summed E-state index contributed by atoms with van der Waals surface area (Å²) in [6, 6.07) is 5.47. The quantitative estimate of drug-likeness (QED) is 0.862. The van der Waals surface area contributed by atoms with E-state index in [1.54, 1.807) is 24.3 Å². The maximum Gasteiger partial charge on any atom is 0.305 e. The van der Waals surface area contributed by atoms with Crippen molar-refractivity contribution in [1.29, 1.82) is 0 Å². The monoisotopic (exact) mass is 296 g/mol. The van der Waals surface area contributed by atoms with Crippen LogP contribution in [0, 0.1) is 0 Å². The van der Waals surface area contributed by atoms with E-state index in [9.17, 15) is 14.4 Å². The third kappa shape index (κ3) is 2.91. The second-order valence-corrected chi connectivity index (χ2v) is 4.79. The SMILES string of the molecule is O=C(O)CC1C(=O)NCCN1C(=O)c1ccccc1Cl. The Morgan fingerprint density at radius 2 is 2.10 bits per heavy atom. The van der Waals surface area contributed by atoms with Crippen molar-refractivity contribution in [2.24, 2.45) is 0 Å². The minimum absolute atomic E-state index is 0.258. The first kappa shape index (κ1) is 14.3. The number of carboxylic acid groups (broad SMARTS) is 1. The molecule has 0 saturated carbocycles. The molecule has 0 radical (unpaired) electrons. The van der Waals surface area contributed by atoms with Gasteiger partial charge in [0.25, 0.3) is 5.91 Å². The lowest BCUT2D eigenvalue weighted by Crippen LogP contribution is -2.57. The van der Waals surface area contributed by atoms with Crippen LogP contribution in [0.15, 0.2) is 24.3 Å². The van der Waals surface area contributed by atoms with Crippen molar-refractivity contribution in [2.75, 3.05) is 13.1 Å². The summed E-state index contributed by atoms with van der Waals surface area (Å²) >= 11 is 5.96. The third-order valence-corrected chi connectivity index (χ3v) is 3.39. The number of carboxylic acids is 1. The van der Waals surface area contributed by atoms with Crippen LogP contribution < -0.4 is 5.32 Å². The zero-order valence-corrected chi connectivity index (χ0v) is 11.3. The number of halogens is 1. The highest BCUT2D eigenvalue weighted by atomic mass is 35.5. The van der Waals surface area contributed by atoms with Crippen molar-refractivity contribution in [3.8, 4) is 0 Å². The summed E-state index contributed by atoms with van der Waals surface area (Å²) < 4.78 is 0. The van der Waals surface area contributed by atoms with Gasteiger partial charge in [-0.25, -0.2) is 0 Å². The molecule has 1 fully saturated rings. The van der Waals surface area contributed by atoms with Gasteiger partial charge < -0.3 is 15.3 Å². The molecule has 0 aliphatic carbocycles. The first-order valence-electron chi connectivity index (χ1n) is 6.05. The second-order valence-electron chi connectivity index (χ2n) is 4.38. The molecule has 0 aromatic heterocycles. The standard InChI is InChI=1S/C13H13ClN2O4/c14-9-4-2-1-3-8(9)13(20)16-6-5-15-12(19)10(16)7-11(17)18/h1-4,10H,5-7H2,(H,15,19)(H,17,18). The summed E-state index contributed by atoms with van der Waals surface area (Å²) in [5.74, 6) is -2.03. The van der Waals surface area contributed by atoms with Crippen LogP contribution in [0.25, 0.3) is 0 Å². The Hall–Kier alpha value is -2.08. The normalized spacial score (nSPS) is 18.6. The molecule has 2 rings (SSSR count). The van der Waals surface area contributed by atoms with Gasteiger partial charge in [-0.3, -0.25) is 14.4 Å². The van der Waals surface area contributed by atoms with Gasteiger partial charge in [-0.05, 0) is 12.1 Å². The van der Waals surface area contributed by atoms with E-state index < -0.39 is 30.2 Å². The van der Waals surface area contributed by atoms with Crippen molar-refractivity contribution in [2.45, 2.75) is 12.5 Å². The van der Waals surface area contributed by atoms with Crippen molar-refractivity contribution >= 4 is 29.4 Å². The minimum Gasteiger partial charge on any atom is -0.481 e. The van der Waals surface area contributed by atoms with Crippen LogP contribution in [0.1, 0.15) is 16.8 Å².